The Balaban J connectivity index is 2.10. The molecule has 0 amide bonds. The number of unbranched alkanes of at least 4 members (excludes halogenated alkanes) is 1. The molecule has 32 heavy (non-hydrogen) atoms. The van der Waals surface area contributed by atoms with Gasteiger partial charge < -0.3 is 19.8 Å². The molecule has 2 aliphatic rings. The predicted molar refractivity (Wildman–Crippen MR) is 121 cm³/mol. The molecule has 0 fully saturated rings. The van der Waals surface area contributed by atoms with E-state index in [1.165, 1.54) is 0 Å². The summed E-state index contributed by atoms with van der Waals surface area (Å²) < 4.78 is 19.7. The minimum Gasteiger partial charge on any atom is -0.458 e. The Morgan fingerprint density at radius 1 is 1.47 bits per heavy atom. The lowest BCUT2D eigenvalue weighted by atomic mass is 9.79. The molecule has 0 aliphatic carbocycles. The van der Waals surface area contributed by atoms with E-state index in [0.29, 0.717) is 24.1 Å². The van der Waals surface area contributed by atoms with Crippen molar-refractivity contribution in [2.75, 3.05) is 0 Å². The summed E-state index contributed by atoms with van der Waals surface area (Å²) in [6, 6.07) is 1.60. The quantitative estimate of drug-likeness (QED) is 0.464. The van der Waals surface area contributed by atoms with Gasteiger partial charge in [-0.2, -0.15) is 0 Å². The number of esters is 1. The van der Waals surface area contributed by atoms with Gasteiger partial charge in [-0.25, -0.2) is 9.18 Å². The second-order valence-electron chi connectivity index (χ2n) is 8.60. The zero-order valence-corrected chi connectivity index (χ0v) is 18.9. The van der Waals surface area contributed by atoms with E-state index in [1.807, 2.05) is 0 Å². The van der Waals surface area contributed by atoms with E-state index in [9.17, 15) is 19.1 Å². The van der Waals surface area contributed by atoms with E-state index in [0.717, 1.165) is 24.8 Å². The van der Waals surface area contributed by atoms with Crippen molar-refractivity contribution >= 4 is 11.7 Å². The first-order chi connectivity index (χ1) is 15.2. The first-order valence-corrected chi connectivity index (χ1v) is 11.1. The van der Waals surface area contributed by atoms with Crippen LogP contribution in [0.25, 0.3) is 0 Å². The summed E-state index contributed by atoms with van der Waals surface area (Å²) in [4.78, 5) is 25.5. The Morgan fingerprint density at radius 2 is 2.19 bits per heavy atom. The average Bonchev–Trinajstić information content (AvgIpc) is 3.12. The number of hydrogen-bond acceptors (Lipinski definition) is 5. The number of pyridine rings is 1. The number of allylic oxidation sites excluding steroid dienone is 4. The van der Waals surface area contributed by atoms with E-state index < -0.39 is 11.6 Å². The lowest BCUT2D eigenvalue weighted by Crippen LogP contribution is -2.44. The van der Waals surface area contributed by atoms with Crippen molar-refractivity contribution in [1.29, 1.82) is 5.41 Å². The molecule has 0 saturated carbocycles. The molecule has 2 N–H and O–H groups in total. The molecule has 1 aromatic heterocycles. The number of cyclic esters (lactones) is 1. The van der Waals surface area contributed by atoms with E-state index in [1.54, 1.807) is 36.6 Å². The number of hydrogen-bond donors (Lipinski definition) is 2. The molecule has 0 aromatic carbocycles. The van der Waals surface area contributed by atoms with Crippen LogP contribution in [0.5, 0.6) is 0 Å². The number of rotatable bonds is 8. The van der Waals surface area contributed by atoms with Gasteiger partial charge in [0.05, 0.1) is 23.3 Å². The summed E-state index contributed by atoms with van der Waals surface area (Å²) in [6.07, 6.45) is 6.68. The van der Waals surface area contributed by atoms with Crippen molar-refractivity contribution in [1.82, 2.24) is 4.57 Å². The second kappa shape index (κ2) is 9.36. The van der Waals surface area contributed by atoms with Crippen LogP contribution in [0.4, 0.5) is 4.39 Å². The monoisotopic (exact) mass is 442 g/mol. The molecule has 172 valence electrons. The van der Waals surface area contributed by atoms with Crippen LogP contribution < -0.4 is 5.56 Å². The second-order valence-corrected chi connectivity index (χ2v) is 8.60. The van der Waals surface area contributed by atoms with E-state index in [-0.39, 0.29) is 47.3 Å². The van der Waals surface area contributed by atoms with Gasteiger partial charge in [0.15, 0.2) is 5.60 Å². The number of halogens is 1. The van der Waals surface area contributed by atoms with E-state index in [2.05, 4.69) is 13.5 Å². The summed E-state index contributed by atoms with van der Waals surface area (Å²) in [5.74, 6) is -1.20. The first kappa shape index (κ1) is 23.9. The van der Waals surface area contributed by atoms with Crippen LogP contribution in [-0.4, -0.2) is 21.4 Å². The summed E-state index contributed by atoms with van der Waals surface area (Å²) >= 11 is 0. The predicted octanol–water partition coefficient (Wildman–Crippen LogP) is 4.29. The van der Waals surface area contributed by atoms with Gasteiger partial charge >= 0.3 is 5.97 Å². The van der Waals surface area contributed by atoms with Crippen LogP contribution in [0, 0.1) is 17.2 Å². The molecule has 0 spiro atoms. The third-order valence-electron chi connectivity index (χ3n) is 6.65. The van der Waals surface area contributed by atoms with Gasteiger partial charge in [0.25, 0.3) is 5.56 Å². The number of carbonyl (C=O) groups is 1. The third-order valence-corrected chi connectivity index (χ3v) is 6.65. The smallest absolute Gasteiger partial charge is 0.343 e. The van der Waals surface area contributed by atoms with Crippen molar-refractivity contribution in [2.24, 2.45) is 11.8 Å². The van der Waals surface area contributed by atoms with Crippen molar-refractivity contribution in [2.45, 2.75) is 65.2 Å². The lowest BCUT2D eigenvalue weighted by molar-refractivity contribution is -0.172. The van der Waals surface area contributed by atoms with Crippen molar-refractivity contribution in [3.8, 4) is 0 Å². The minimum absolute atomic E-state index is 0.0653. The molecule has 2 unspecified atom stereocenters. The van der Waals surface area contributed by atoms with Crippen LogP contribution in [0.15, 0.2) is 47.1 Å². The van der Waals surface area contributed by atoms with Crippen LogP contribution in [0.1, 0.15) is 63.3 Å². The van der Waals surface area contributed by atoms with Crippen LogP contribution in [0.3, 0.4) is 0 Å². The molecule has 1 aromatic rings. The molecule has 0 bridgehead atoms. The summed E-state index contributed by atoms with van der Waals surface area (Å²) in [6.45, 7) is 9.40. The number of nitrogens with zero attached hydrogens (tertiary/aromatic N) is 1. The fraction of sp³-hybridized carbons (Fsp3) is 0.480. The number of nitrogens with one attached hydrogen (secondary N) is 1. The Kier molecular flexibility index (Phi) is 6.98. The number of carbonyl (C=O) groups excluding carboxylic acids is 1. The molecule has 3 heterocycles. The van der Waals surface area contributed by atoms with Crippen LogP contribution in [0.2, 0.25) is 0 Å². The maximum absolute atomic E-state index is 13.3. The van der Waals surface area contributed by atoms with Crippen LogP contribution >= 0.6 is 0 Å². The third kappa shape index (κ3) is 3.90. The Labute approximate surface area is 187 Å². The highest BCUT2D eigenvalue weighted by Gasteiger charge is 2.46. The zero-order valence-electron chi connectivity index (χ0n) is 18.9. The Hall–Kier alpha value is -2.80. The van der Waals surface area contributed by atoms with E-state index >= 15 is 0 Å². The standard InChI is InChI=1S/C25H31FN2O4/c1-5-8-9-17(16(6-2)10-15(4)12-26)18-13-28-21(22(18)27)11-20-19(23(28)29)14-32-24(30)25(20,31)7-3/h6,10-12,17-18,27,31H,2,5,7-9,13-14H2,1,3-4H3/b15-12+,16-10+,27-22?/t17?,18?,25-/m0/s1. The molecule has 6 nitrogen and oxygen atoms in total. The molecule has 7 heteroatoms. The fourth-order valence-electron chi connectivity index (χ4n) is 4.75. The lowest BCUT2D eigenvalue weighted by Gasteiger charge is -2.31. The molecule has 2 aliphatic heterocycles. The normalized spacial score (nSPS) is 24.1. The van der Waals surface area contributed by atoms with Gasteiger partial charge in [-0.1, -0.05) is 45.4 Å². The first-order valence-electron chi connectivity index (χ1n) is 11.1. The van der Waals surface area contributed by atoms with Crippen molar-refractivity contribution in [3.63, 3.8) is 0 Å². The van der Waals surface area contributed by atoms with Gasteiger partial charge in [-0.3, -0.25) is 4.79 Å². The van der Waals surface area contributed by atoms with Crippen molar-refractivity contribution < 1.29 is 19.0 Å². The number of fused-ring (bicyclic) bond motifs is 2. The molecule has 0 radical (unpaired) electrons. The highest BCUT2D eigenvalue weighted by atomic mass is 19.1. The van der Waals surface area contributed by atoms with Gasteiger partial charge in [0, 0.05) is 18.0 Å². The highest BCUT2D eigenvalue weighted by Crippen LogP contribution is 2.38. The van der Waals surface area contributed by atoms with Gasteiger partial charge in [-0.15, -0.1) is 0 Å². The summed E-state index contributed by atoms with van der Waals surface area (Å²) in [5.41, 5.74) is 0.222. The highest BCUT2D eigenvalue weighted by molar-refractivity contribution is 6.01. The van der Waals surface area contributed by atoms with Crippen molar-refractivity contribution in [3.05, 3.63) is 69.4 Å². The molecule has 3 rings (SSSR count). The number of aliphatic hydroxyl groups is 1. The minimum atomic E-state index is -1.89. The zero-order chi connectivity index (χ0) is 23.6. The SMILES string of the molecule is C=C/C(=C\C(C)=C\F)C(CCCC)C1Cn2c(cc3c(c2=O)COC(=O)[C@]3(O)CC)C1=N. The molecular weight excluding hydrogens is 411 g/mol. The number of ether oxygens (including phenoxy) is 1. The Bertz CT molecular complexity index is 1070. The largest absolute Gasteiger partial charge is 0.458 e. The average molecular weight is 443 g/mol. The topological polar surface area (TPSA) is 92.4 Å². The summed E-state index contributed by atoms with van der Waals surface area (Å²) in [7, 11) is 0. The molecular formula is C25H31FN2O4. The number of aromatic nitrogens is 1. The maximum Gasteiger partial charge on any atom is 0.343 e. The van der Waals surface area contributed by atoms with E-state index in [4.69, 9.17) is 10.1 Å². The van der Waals surface area contributed by atoms with Gasteiger partial charge in [-0.05, 0) is 42.9 Å². The van der Waals surface area contributed by atoms with Gasteiger partial charge in [0.1, 0.15) is 6.61 Å². The Morgan fingerprint density at radius 3 is 2.78 bits per heavy atom. The fourth-order valence-corrected chi connectivity index (χ4v) is 4.75. The maximum atomic E-state index is 13.3. The summed E-state index contributed by atoms with van der Waals surface area (Å²) in [5, 5.41) is 19.8. The molecule has 0 saturated heterocycles. The van der Waals surface area contributed by atoms with Crippen LogP contribution in [-0.2, 0) is 28.3 Å². The molecule has 3 atom stereocenters. The van der Waals surface area contributed by atoms with Gasteiger partial charge in [0.2, 0.25) is 0 Å².